The molecule has 1 atom stereocenters. The Morgan fingerprint density at radius 2 is 2.03 bits per heavy atom. The van der Waals surface area contributed by atoms with Crippen LogP contribution < -0.4 is 22.1 Å². The Morgan fingerprint density at radius 1 is 1.24 bits per heavy atom. The number of aliphatic imine (C=N–C) groups is 1. The Hall–Kier alpha value is -4.15. The first-order valence-electron chi connectivity index (χ1n) is 8.55. The number of rotatable bonds is 2. The summed E-state index contributed by atoms with van der Waals surface area (Å²) in [7, 11) is 0. The number of nitrogens with zero attached hydrogens (tertiary/aromatic N) is 5. The van der Waals surface area contributed by atoms with Crippen molar-refractivity contribution in [2.24, 2.45) is 4.99 Å². The van der Waals surface area contributed by atoms with Crippen LogP contribution in [0.15, 0.2) is 35.3 Å². The van der Waals surface area contributed by atoms with Gasteiger partial charge in [-0.1, -0.05) is 24.3 Å². The van der Waals surface area contributed by atoms with E-state index in [9.17, 15) is 5.26 Å². The number of aromatic nitrogens is 2. The fraction of sp³-hybridized carbons (Fsp3) is 0.105. The number of fused-ring (bicyclic) bond motifs is 1. The molecule has 1 aliphatic heterocycles. The standard InChI is InChI=1S/C19H15N9S/c1-9-6-13(29-28-9)10-4-2-3-5-11(10)16-14-15(22)12(7-20)17(23)26-18(14)27-19(25-16)24-8-21/h2-6,16H,1H3,(H6,22,23,24,25,26,27). The maximum absolute atomic E-state index is 9.46. The van der Waals surface area contributed by atoms with Crippen molar-refractivity contribution in [3.63, 3.8) is 0 Å². The zero-order chi connectivity index (χ0) is 20.5. The maximum atomic E-state index is 9.46. The van der Waals surface area contributed by atoms with E-state index in [0.717, 1.165) is 21.7 Å². The lowest BCUT2D eigenvalue weighted by Crippen LogP contribution is -2.32. The second-order valence-electron chi connectivity index (χ2n) is 6.32. The van der Waals surface area contributed by atoms with E-state index in [2.05, 4.69) is 25.0 Å². The highest BCUT2D eigenvalue weighted by molar-refractivity contribution is 7.09. The number of anilines is 3. The minimum absolute atomic E-state index is 0.0135. The molecule has 9 nitrogen and oxygen atoms in total. The molecule has 1 aromatic carbocycles. The Balaban J connectivity index is 1.98. The molecule has 3 aromatic rings. The fourth-order valence-corrected chi connectivity index (χ4v) is 4.06. The molecule has 1 unspecified atom stereocenters. The Bertz CT molecular complexity index is 1230. The largest absolute Gasteiger partial charge is 0.397 e. The number of nitrogen functional groups attached to an aromatic ring is 2. The zero-order valence-corrected chi connectivity index (χ0v) is 16.1. The molecule has 4 rings (SSSR count). The quantitative estimate of drug-likeness (QED) is 0.376. The van der Waals surface area contributed by atoms with E-state index in [-0.39, 0.29) is 23.0 Å². The Morgan fingerprint density at radius 3 is 2.72 bits per heavy atom. The first-order valence-corrected chi connectivity index (χ1v) is 9.32. The van der Waals surface area contributed by atoms with Gasteiger partial charge in [-0.15, -0.1) is 0 Å². The lowest BCUT2D eigenvalue weighted by molar-refractivity contribution is 0.849. The highest BCUT2D eigenvalue weighted by Gasteiger charge is 2.31. The van der Waals surface area contributed by atoms with E-state index in [1.165, 1.54) is 11.5 Å². The molecule has 1 aliphatic rings. The normalized spacial score (nSPS) is 14.7. The van der Waals surface area contributed by atoms with Gasteiger partial charge in [0.05, 0.1) is 16.3 Å². The number of benzene rings is 1. The van der Waals surface area contributed by atoms with Crippen LogP contribution in [0, 0.1) is 29.7 Å². The topological polar surface area (TPSA) is 162 Å². The summed E-state index contributed by atoms with van der Waals surface area (Å²) in [4.78, 5) is 9.89. The molecule has 0 radical (unpaired) electrons. The van der Waals surface area contributed by atoms with Crippen molar-refractivity contribution in [2.75, 3.05) is 16.8 Å². The van der Waals surface area contributed by atoms with Gasteiger partial charge in [0.15, 0.2) is 6.19 Å². The fourth-order valence-electron chi connectivity index (χ4n) is 3.26. The van der Waals surface area contributed by atoms with Crippen molar-refractivity contribution in [2.45, 2.75) is 13.0 Å². The molecule has 0 saturated carbocycles. The molecule has 3 heterocycles. The predicted octanol–water partition coefficient (Wildman–Crippen LogP) is 2.49. The van der Waals surface area contributed by atoms with Crippen LogP contribution in [0.1, 0.15) is 28.4 Å². The van der Waals surface area contributed by atoms with E-state index in [1.807, 2.05) is 49.5 Å². The molecule has 142 valence electrons. The van der Waals surface area contributed by atoms with Crippen LogP contribution in [0.5, 0.6) is 0 Å². The molecule has 0 fully saturated rings. The van der Waals surface area contributed by atoms with Crippen LogP contribution in [-0.2, 0) is 0 Å². The molecule has 2 aromatic heterocycles. The van der Waals surface area contributed by atoms with E-state index >= 15 is 0 Å². The van der Waals surface area contributed by atoms with Gasteiger partial charge in [0.2, 0.25) is 5.96 Å². The van der Waals surface area contributed by atoms with Gasteiger partial charge in [0, 0.05) is 5.56 Å². The third-order valence-electron chi connectivity index (χ3n) is 4.51. The van der Waals surface area contributed by atoms with Crippen LogP contribution in [0.25, 0.3) is 10.4 Å². The number of nitriles is 2. The van der Waals surface area contributed by atoms with Gasteiger partial charge in [0.1, 0.15) is 29.3 Å². The van der Waals surface area contributed by atoms with Gasteiger partial charge in [0.25, 0.3) is 0 Å². The highest BCUT2D eigenvalue weighted by Crippen LogP contribution is 2.43. The zero-order valence-electron chi connectivity index (χ0n) is 15.3. The summed E-state index contributed by atoms with van der Waals surface area (Å²) in [6.07, 6.45) is 1.85. The number of hydrogen-bond acceptors (Lipinski definition) is 10. The Kier molecular flexibility index (Phi) is 4.47. The van der Waals surface area contributed by atoms with Crippen LogP contribution >= 0.6 is 11.5 Å². The van der Waals surface area contributed by atoms with E-state index in [1.54, 1.807) is 0 Å². The smallest absolute Gasteiger partial charge is 0.211 e. The average Bonchev–Trinajstić information content (AvgIpc) is 3.14. The molecule has 0 spiro atoms. The highest BCUT2D eigenvalue weighted by atomic mass is 32.1. The summed E-state index contributed by atoms with van der Waals surface area (Å²) >= 11 is 1.39. The summed E-state index contributed by atoms with van der Waals surface area (Å²) in [5.41, 5.74) is 15.8. The number of guanidine groups is 1. The molecule has 10 heteroatoms. The molecule has 6 N–H and O–H groups in total. The summed E-state index contributed by atoms with van der Waals surface area (Å²) in [6.45, 7) is 1.93. The lowest BCUT2D eigenvalue weighted by Gasteiger charge is -2.27. The molecule has 0 bridgehead atoms. The molecule has 29 heavy (non-hydrogen) atoms. The number of hydrogen-bond donors (Lipinski definition) is 4. The van der Waals surface area contributed by atoms with Gasteiger partial charge < -0.3 is 16.8 Å². The minimum atomic E-state index is -0.596. The van der Waals surface area contributed by atoms with Crippen LogP contribution in [-0.4, -0.2) is 15.3 Å². The van der Waals surface area contributed by atoms with Crippen molar-refractivity contribution in [3.8, 4) is 22.7 Å². The van der Waals surface area contributed by atoms with Gasteiger partial charge >= 0.3 is 0 Å². The summed E-state index contributed by atoms with van der Waals surface area (Å²) in [5.74, 6) is 0.586. The van der Waals surface area contributed by atoms with Crippen molar-refractivity contribution < 1.29 is 0 Å². The van der Waals surface area contributed by atoms with Crippen molar-refractivity contribution in [3.05, 3.63) is 52.7 Å². The number of pyridine rings is 1. The van der Waals surface area contributed by atoms with Gasteiger partial charge in [-0.05, 0) is 35.6 Å². The van der Waals surface area contributed by atoms with Crippen molar-refractivity contribution in [1.29, 1.82) is 10.5 Å². The molecular weight excluding hydrogens is 386 g/mol. The molecule has 0 amide bonds. The molecular formula is C19H15N9S. The first kappa shape index (κ1) is 18.2. The third kappa shape index (κ3) is 3.08. The molecule has 0 saturated heterocycles. The summed E-state index contributed by atoms with van der Waals surface area (Å²) < 4.78 is 4.37. The number of nitrogens with one attached hydrogen (secondary N) is 2. The van der Waals surface area contributed by atoms with Crippen LogP contribution in [0.4, 0.5) is 17.3 Å². The van der Waals surface area contributed by atoms with Crippen LogP contribution in [0.3, 0.4) is 0 Å². The second-order valence-corrected chi connectivity index (χ2v) is 7.13. The van der Waals surface area contributed by atoms with Crippen molar-refractivity contribution in [1.82, 2.24) is 14.7 Å². The van der Waals surface area contributed by atoms with E-state index in [0.29, 0.717) is 11.4 Å². The predicted molar refractivity (Wildman–Crippen MR) is 112 cm³/mol. The summed E-state index contributed by atoms with van der Waals surface area (Å²) in [5, 5.41) is 23.9. The maximum Gasteiger partial charge on any atom is 0.211 e. The van der Waals surface area contributed by atoms with E-state index < -0.39 is 6.04 Å². The minimum Gasteiger partial charge on any atom is -0.397 e. The SMILES string of the molecule is Cc1cc(-c2ccccc2C2N=C(NC#N)Nc3nc(N)c(C#N)c(N)c32)sn1. The first-order chi connectivity index (χ1) is 14.0. The Labute approximate surface area is 170 Å². The average molecular weight is 401 g/mol. The van der Waals surface area contributed by atoms with Gasteiger partial charge in [-0.25, -0.2) is 9.98 Å². The summed E-state index contributed by atoms with van der Waals surface area (Å²) in [6, 6.07) is 11.1. The van der Waals surface area contributed by atoms with Crippen molar-refractivity contribution >= 4 is 34.8 Å². The molecule has 0 aliphatic carbocycles. The number of nitrogens with two attached hydrogens (primary N) is 2. The lowest BCUT2D eigenvalue weighted by atomic mass is 9.91. The van der Waals surface area contributed by atoms with Gasteiger partial charge in [-0.3, -0.25) is 5.32 Å². The monoisotopic (exact) mass is 401 g/mol. The van der Waals surface area contributed by atoms with E-state index in [4.69, 9.17) is 16.7 Å². The second kappa shape index (κ2) is 7.11. The van der Waals surface area contributed by atoms with Crippen LogP contribution in [0.2, 0.25) is 0 Å². The number of aryl methyl sites for hydroxylation is 1. The van der Waals surface area contributed by atoms with Gasteiger partial charge in [-0.2, -0.15) is 14.9 Å². The third-order valence-corrected chi connectivity index (χ3v) is 5.42.